The summed E-state index contributed by atoms with van der Waals surface area (Å²) in [7, 11) is 0. The second-order valence-corrected chi connectivity index (χ2v) is 5.28. The van der Waals surface area contributed by atoms with E-state index < -0.39 is 24.1 Å². The third kappa shape index (κ3) is 3.43. The molecule has 0 aromatic carbocycles. The fourth-order valence-electron chi connectivity index (χ4n) is 1.74. The summed E-state index contributed by atoms with van der Waals surface area (Å²) in [6, 6.07) is 1.61. The Morgan fingerprint density at radius 2 is 2.16 bits per heavy atom. The molecule has 2 atom stereocenters. The van der Waals surface area contributed by atoms with Crippen LogP contribution in [0.5, 0.6) is 0 Å². The van der Waals surface area contributed by atoms with Crippen molar-refractivity contribution in [3.8, 4) is 0 Å². The van der Waals surface area contributed by atoms with E-state index in [0.29, 0.717) is 23.0 Å². The number of pyridine rings is 1. The van der Waals surface area contributed by atoms with Gasteiger partial charge in [-0.25, -0.2) is 9.78 Å². The van der Waals surface area contributed by atoms with Crippen molar-refractivity contribution in [1.29, 1.82) is 0 Å². The lowest BCUT2D eigenvalue weighted by Gasteiger charge is -2.12. The molecule has 2 N–H and O–H groups in total. The van der Waals surface area contributed by atoms with Gasteiger partial charge in [-0.1, -0.05) is 11.6 Å². The molecule has 1 fully saturated rings. The van der Waals surface area contributed by atoms with E-state index in [4.69, 9.17) is 21.4 Å². The summed E-state index contributed by atoms with van der Waals surface area (Å²) >= 11 is 9.06. The monoisotopic (exact) mass is 348 g/mol. The predicted octanol–water partition coefficient (Wildman–Crippen LogP) is 2.07. The number of hydrogen-bond acceptors (Lipinski definition) is 4. The minimum absolute atomic E-state index is 0.157. The molecule has 2 heterocycles. The largest absolute Gasteiger partial charge is 0.479 e. The molecule has 19 heavy (non-hydrogen) atoms. The average Bonchev–Trinajstić information content (AvgIpc) is 2.83. The van der Waals surface area contributed by atoms with Gasteiger partial charge in [0.25, 0.3) is 5.91 Å². The maximum Gasteiger partial charge on any atom is 0.332 e. The molecule has 8 heteroatoms. The highest BCUT2D eigenvalue weighted by Crippen LogP contribution is 2.25. The van der Waals surface area contributed by atoms with Crippen LogP contribution in [0, 0.1) is 0 Å². The Labute approximate surface area is 122 Å². The maximum absolute atomic E-state index is 11.9. The molecule has 0 bridgehead atoms. The van der Waals surface area contributed by atoms with Crippen molar-refractivity contribution in [3.05, 3.63) is 21.9 Å². The highest BCUT2D eigenvalue weighted by Gasteiger charge is 2.34. The highest BCUT2D eigenvalue weighted by atomic mass is 79.9. The molecular formula is C11H10BrClN2O4. The molecule has 6 nitrogen and oxygen atoms in total. The van der Waals surface area contributed by atoms with Crippen LogP contribution in [0.3, 0.4) is 0 Å². The Bertz CT molecular complexity index is 525. The Hall–Kier alpha value is -1.18. The first-order chi connectivity index (χ1) is 8.97. The predicted molar refractivity (Wildman–Crippen MR) is 71.1 cm³/mol. The van der Waals surface area contributed by atoms with Gasteiger partial charge in [0.15, 0.2) is 11.3 Å². The molecule has 1 aromatic rings. The van der Waals surface area contributed by atoms with E-state index in [1.165, 1.54) is 6.20 Å². The van der Waals surface area contributed by atoms with Crippen LogP contribution >= 0.6 is 27.5 Å². The van der Waals surface area contributed by atoms with E-state index in [9.17, 15) is 9.59 Å². The van der Waals surface area contributed by atoms with E-state index in [1.807, 2.05) is 0 Å². The molecule has 1 aromatic heterocycles. The van der Waals surface area contributed by atoms with E-state index in [-0.39, 0.29) is 5.15 Å². The number of carboxylic acid groups (broad SMARTS) is 1. The second kappa shape index (κ2) is 5.85. The number of nitrogens with one attached hydrogen (secondary N) is 1. The van der Waals surface area contributed by atoms with Gasteiger partial charge in [0.05, 0.1) is 5.69 Å². The van der Waals surface area contributed by atoms with Crippen molar-refractivity contribution in [3.63, 3.8) is 0 Å². The molecule has 2 rings (SSSR count). The number of rotatable bonds is 3. The number of halogens is 2. The van der Waals surface area contributed by atoms with Gasteiger partial charge in [-0.05, 0) is 34.8 Å². The Balaban J connectivity index is 2.02. The van der Waals surface area contributed by atoms with E-state index in [2.05, 4.69) is 26.2 Å². The number of ether oxygens (including phenoxy) is 1. The van der Waals surface area contributed by atoms with Crippen LogP contribution in [0.25, 0.3) is 0 Å². The number of amides is 1. The van der Waals surface area contributed by atoms with Crippen molar-refractivity contribution in [2.75, 3.05) is 5.32 Å². The van der Waals surface area contributed by atoms with Crippen LogP contribution in [-0.4, -0.2) is 34.2 Å². The van der Waals surface area contributed by atoms with Gasteiger partial charge in [0.1, 0.15) is 6.10 Å². The standard InChI is InChI=1S/C11H10BrClN2O4/c12-5-3-6(9(13)14-4-5)15-10(16)7-1-2-8(19-7)11(17)18/h3-4,7-8H,1-2H2,(H,15,16)(H,17,18). The minimum Gasteiger partial charge on any atom is -0.479 e. The molecule has 1 aliphatic heterocycles. The normalized spacial score (nSPS) is 22.2. The van der Waals surface area contributed by atoms with E-state index >= 15 is 0 Å². The summed E-state index contributed by atoms with van der Waals surface area (Å²) in [6.45, 7) is 0. The average molecular weight is 350 g/mol. The maximum atomic E-state index is 11.9. The molecule has 0 spiro atoms. The zero-order valence-electron chi connectivity index (χ0n) is 9.60. The summed E-state index contributed by atoms with van der Waals surface area (Å²) in [6.07, 6.45) is 0.479. The summed E-state index contributed by atoms with van der Waals surface area (Å²) < 4.78 is 5.81. The molecule has 102 valence electrons. The number of aromatic nitrogens is 1. The molecular weight excluding hydrogens is 339 g/mol. The Morgan fingerprint density at radius 3 is 2.79 bits per heavy atom. The zero-order valence-corrected chi connectivity index (χ0v) is 11.9. The summed E-state index contributed by atoms with van der Waals surface area (Å²) in [5.74, 6) is -1.48. The highest BCUT2D eigenvalue weighted by molar-refractivity contribution is 9.10. The fraction of sp³-hybridized carbons (Fsp3) is 0.364. The summed E-state index contributed by atoms with van der Waals surface area (Å²) in [5.41, 5.74) is 0.350. The Morgan fingerprint density at radius 1 is 1.47 bits per heavy atom. The molecule has 1 aliphatic rings. The second-order valence-electron chi connectivity index (χ2n) is 4.01. The molecule has 0 aliphatic carbocycles. The fourth-order valence-corrected chi connectivity index (χ4v) is 2.22. The lowest BCUT2D eigenvalue weighted by Crippen LogP contribution is -2.30. The Kier molecular flexibility index (Phi) is 4.38. The van der Waals surface area contributed by atoms with E-state index in [0.717, 1.165) is 0 Å². The van der Waals surface area contributed by atoms with Gasteiger partial charge in [-0.15, -0.1) is 0 Å². The first kappa shape index (κ1) is 14.2. The molecule has 1 saturated heterocycles. The molecule has 2 unspecified atom stereocenters. The lowest BCUT2D eigenvalue weighted by atomic mass is 10.2. The van der Waals surface area contributed by atoms with Crippen LogP contribution in [0.15, 0.2) is 16.7 Å². The SMILES string of the molecule is O=C(O)C1CCC(C(=O)Nc2cc(Br)cnc2Cl)O1. The van der Waals surface area contributed by atoms with Crippen LogP contribution in [-0.2, 0) is 14.3 Å². The van der Waals surface area contributed by atoms with Gasteiger partial charge in [-0.2, -0.15) is 0 Å². The smallest absolute Gasteiger partial charge is 0.332 e. The van der Waals surface area contributed by atoms with Gasteiger partial charge >= 0.3 is 5.97 Å². The topological polar surface area (TPSA) is 88.5 Å². The van der Waals surface area contributed by atoms with Gasteiger partial charge in [0.2, 0.25) is 0 Å². The van der Waals surface area contributed by atoms with Crippen molar-refractivity contribution >= 4 is 45.1 Å². The molecule has 0 radical (unpaired) electrons. The van der Waals surface area contributed by atoms with Crippen molar-refractivity contribution < 1.29 is 19.4 Å². The van der Waals surface area contributed by atoms with Crippen LogP contribution < -0.4 is 5.32 Å². The number of nitrogens with zero attached hydrogens (tertiary/aromatic N) is 1. The number of carbonyl (C=O) groups is 2. The number of aliphatic carboxylic acids is 1. The van der Waals surface area contributed by atoms with Crippen LogP contribution in [0.4, 0.5) is 5.69 Å². The number of carbonyl (C=O) groups excluding carboxylic acids is 1. The number of hydrogen-bond donors (Lipinski definition) is 2. The quantitative estimate of drug-likeness (QED) is 0.816. The van der Waals surface area contributed by atoms with Crippen molar-refractivity contribution in [2.45, 2.75) is 25.0 Å². The molecule has 0 saturated carbocycles. The van der Waals surface area contributed by atoms with Crippen LogP contribution in [0.2, 0.25) is 5.15 Å². The van der Waals surface area contributed by atoms with Crippen molar-refractivity contribution in [1.82, 2.24) is 4.98 Å². The van der Waals surface area contributed by atoms with Crippen LogP contribution in [0.1, 0.15) is 12.8 Å². The number of carboxylic acids is 1. The zero-order chi connectivity index (χ0) is 14.0. The third-order valence-corrected chi connectivity index (χ3v) is 3.39. The summed E-state index contributed by atoms with van der Waals surface area (Å²) in [5, 5.41) is 11.5. The lowest BCUT2D eigenvalue weighted by molar-refractivity contribution is -0.150. The van der Waals surface area contributed by atoms with Gasteiger partial charge < -0.3 is 15.2 Å². The van der Waals surface area contributed by atoms with Crippen molar-refractivity contribution in [2.24, 2.45) is 0 Å². The summed E-state index contributed by atoms with van der Waals surface area (Å²) in [4.78, 5) is 26.5. The first-order valence-electron chi connectivity index (χ1n) is 5.47. The minimum atomic E-state index is -1.06. The first-order valence-corrected chi connectivity index (χ1v) is 6.64. The van der Waals surface area contributed by atoms with Gasteiger partial charge in [0, 0.05) is 10.7 Å². The third-order valence-electron chi connectivity index (χ3n) is 2.65. The van der Waals surface area contributed by atoms with Gasteiger partial charge in [-0.3, -0.25) is 4.79 Å². The molecule has 1 amide bonds. The van der Waals surface area contributed by atoms with E-state index in [1.54, 1.807) is 6.07 Å². The number of anilines is 1.